The molecule has 1 aliphatic carbocycles. The van der Waals surface area contributed by atoms with Crippen molar-refractivity contribution in [3.8, 4) is 0 Å². The summed E-state index contributed by atoms with van der Waals surface area (Å²) in [6.45, 7) is 3.23. The van der Waals surface area contributed by atoms with Crippen molar-refractivity contribution >= 4 is 16.5 Å². The van der Waals surface area contributed by atoms with Crippen LogP contribution >= 0.6 is 11.3 Å². The summed E-state index contributed by atoms with van der Waals surface area (Å²) >= 11 is 1.87. The van der Waals surface area contributed by atoms with Gasteiger partial charge in [-0.25, -0.2) is 4.98 Å². The van der Waals surface area contributed by atoms with Crippen LogP contribution in [0.3, 0.4) is 0 Å². The molecule has 2 nitrogen and oxygen atoms in total. The molecular weight excluding hydrogens is 192 g/mol. The molecule has 78 valence electrons. The van der Waals surface area contributed by atoms with Gasteiger partial charge in [0.15, 0.2) is 5.13 Å². The van der Waals surface area contributed by atoms with Crippen LogP contribution < -0.4 is 5.32 Å². The predicted octanol–water partition coefficient (Wildman–Crippen LogP) is 3.23. The summed E-state index contributed by atoms with van der Waals surface area (Å²) in [5, 5.41) is 4.52. The Kier molecular flexibility index (Phi) is 3.40. The van der Waals surface area contributed by atoms with Crippen LogP contribution in [0.1, 0.15) is 43.2 Å². The molecule has 0 saturated carbocycles. The SMILES string of the molecule is CCCNc1nc2c(s1)CCCCC2. The van der Waals surface area contributed by atoms with Gasteiger partial charge in [-0.2, -0.15) is 0 Å². The third-order valence-electron chi connectivity index (χ3n) is 2.62. The number of hydrogen-bond donors (Lipinski definition) is 1. The molecular formula is C11H18N2S. The zero-order valence-corrected chi connectivity index (χ0v) is 9.62. The minimum atomic E-state index is 1.05. The molecule has 1 N–H and O–H groups in total. The number of nitrogens with one attached hydrogen (secondary N) is 1. The van der Waals surface area contributed by atoms with Crippen molar-refractivity contribution in [3.05, 3.63) is 10.6 Å². The highest BCUT2D eigenvalue weighted by molar-refractivity contribution is 7.15. The average Bonchev–Trinajstić information content (AvgIpc) is 2.46. The van der Waals surface area contributed by atoms with Crippen molar-refractivity contribution in [2.45, 2.75) is 45.4 Å². The molecule has 1 aliphatic rings. The van der Waals surface area contributed by atoms with Gasteiger partial charge in [0, 0.05) is 11.4 Å². The Balaban J connectivity index is 2.06. The van der Waals surface area contributed by atoms with E-state index in [0.29, 0.717) is 0 Å². The van der Waals surface area contributed by atoms with Crippen LogP contribution in [0.25, 0.3) is 0 Å². The third kappa shape index (κ3) is 2.27. The van der Waals surface area contributed by atoms with Crippen molar-refractivity contribution in [2.75, 3.05) is 11.9 Å². The lowest BCUT2D eigenvalue weighted by atomic mass is 10.2. The van der Waals surface area contributed by atoms with E-state index in [9.17, 15) is 0 Å². The number of thiazole rings is 1. The van der Waals surface area contributed by atoms with E-state index >= 15 is 0 Å². The van der Waals surface area contributed by atoms with E-state index in [1.807, 2.05) is 11.3 Å². The summed E-state index contributed by atoms with van der Waals surface area (Å²) in [6, 6.07) is 0. The van der Waals surface area contributed by atoms with E-state index in [2.05, 4.69) is 17.2 Å². The summed E-state index contributed by atoms with van der Waals surface area (Å²) in [7, 11) is 0. The van der Waals surface area contributed by atoms with Gasteiger partial charge < -0.3 is 5.32 Å². The molecule has 1 aromatic rings. The second-order valence-corrected chi connectivity index (χ2v) is 4.96. The lowest BCUT2D eigenvalue weighted by Gasteiger charge is -1.97. The molecule has 0 fully saturated rings. The van der Waals surface area contributed by atoms with E-state index in [4.69, 9.17) is 0 Å². The predicted molar refractivity (Wildman–Crippen MR) is 62.2 cm³/mol. The minimum absolute atomic E-state index is 1.05. The molecule has 0 aromatic carbocycles. The van der Waals surface area contributed by atoms with Crippen molar-refractivity contribution < 1.29 is 0 Å². The highest BCUT2D eigenvalue weighted by Crippen LogP contribution is 2.28. The lowest BCUT2D eigenvalue weighted by molar-refractivity contribution is 0.709. The standard InChI is InChI=1S/C11H18N2S/c1-2-8-12-11-13-9-6-4-3-5-7-10(9)14-11/h2-8H2,1H3,(H,12,13). The Bertz CT molecular complexity index is 270. The molecule has 0 saturated heterocycles. The van der Waals surface area contributed by atoms with Crippen molar-refractivity contribution in [1.82, 2.24) is 4.98 Å². The van der Waals surface area contributed by atoms with Crippen LogP contribution in [0.5, 0.6) is 0 Å². The normalized spacial score (nSPS) is 16.1. The van der Waals surface area contributed by atoms with Crippen LogP contribution in [0.4, 0.5) is 5.13 Å². The number of nitrogens with zero attached hydrogens (tertiary/aromatic N) is 1. The van der Waals surface area contributed by atoms with Gasteiger partial charge in [0.2, 0.25) is 0 Å². The fraction of sp³-hybridized carbons (Fsp3) is 0.727. The molecule has 3 heteroatoms. The monoisotopic (exact) mass is 210 g/mol. The first-order valence-corrected chi connectivity index (χ1v) is 6.44. The average molecular weight is 210 g/mol. The smallest absolute Gasteiger partial charge is 0.183 e. The lowest BCUT2D eigenvalue weighted by Crippen LogP contribution is -1.99. The molecule has 14 heavy (non-hydrogen) atoms. The van der Waals surface area contributed by atoms with Crippen molar-refractivity contribution in [1.29, 1.82) is 0 Å². The summed E-state index contributed by atoms with van der Waals surface area (Å²) < 4.78 is 0. The molecule has 1 heterocycles. The highest BCUT2D eigenvalue weighted by atomic mass is 32.1. The first-order valence-electron chi connectivity index (χ1n) is 5.62. The summed E-state index contributed by atoms with van der Waals surface area (Å²) in [4.78, 5) is 6.18. The zero-order chi connectivity index (χ0) is 9.80. The van der Waals surface area contributed by atoms with Crippen LogP contribution in [0.15, 0.2) is 0 Å². The minimum Gasteiger partial charge on any atom is -0.362 e. The van der Waals surface area contributed by atoms with Gasteiger partial charge in [0.25, 0.3) is 0 Å². The largest absolute Gasteiger partial charge is 0.362 e. The second-order valence-electron chi connectivity index (χ2n) is 3.88. The number of fused-ring (bicyclic) bond motifs is 1. The summed E-state index contributed by atoms with van der Waals surface area (Å²) in [6.07, 6.45) is 7.66. The second kappa shape index (κ2) is 4.78. The maximum atomic E-state index is 4.66. The van der Waals surface area contributed by atoms with E-state index < -0.39 is 0 Å². The van der Waals surface area contributed by atoms with Gasteiger partial charge in [-0.05, 0) is 32.1 Å². The molecule has 0 aliphatic heterocycles. The molecule has 0 bridgehead atoms. The van der Waals surface area contributed by atoms with Crippen molar-refractivity contribution in [2.24, 2.45) is 0 Å². The summed E-state index contributed by atoms with van der Waals surface area (Å²) in [5.74, 6) is 0. The Morgan fingerprint density at radius 2 is 2.14 bits per heavy atom. The number of aromatic nitrogens is 1. The first kappa shape index (κ1) is 9.97. The van der Waals surface area contributed by atoms with Crippen LogP contribution in [-0.4, -0.2) is 11.5 Å². The maximum absolute atomic E-state index is 4.66. The van der Waals surface area contributed by atoms with Crippen LogP contribution in [0, 0.1) is 0 Å². The molecule has 0 amide bonds. The molecule has 1 aromatic heterocycles. The van der Waals surface area contributed by atoms with Crippen LogP contribution in [0.2, 0.25) is 0 Å². The van der Waals surface area contributed by atoms with Gasteiger partial charge in [-0.3, -0.25) is 0 Å². The molecule has 2 rings (SSSR count). The number of aryl methyl sites for hydroxylation is 2. The van der Waals surface area contributed by atoms with Gasteiger partial charge in [0.1, 0.15) is 0 Å². The molecule has 0 atom stereocenters. The number of anilines is 1. The first-order chi connectivity index (χ1) is 6.90. The molecule has 0 radical (unpaired) electrons. The van der Waals surface area contributed by atoms with E-state index in [-0.39, 0.29) is 0 Å². The van der Waals surface area contributed by atoms with Crippen molar-refractivity contribution in [3.63, 3.8) is 0 Å². The molecule has 0 spiro atoms. The van der Waals surface area contributed by atoms with Gasteiger partial charge >= 0.3 is 0 Å². The zero-order valence-electron chi connectivity index (χ0n) is 8.81. The quantitative estimate of drug-likeness (QED) is 0.775. The highest BCUT2D eigenvalue weighted by Gasteiger charge is 2.13. The number of hydrogen-bond acceptors (Lipinski definition) is 3. The topological polar surface area (TPSA) is 24.9 Å². The maximum Gasteiger partial charge on any atom is 0.183 e. The van der Waals surface area contributed by atoms with E-state index in [0.717, 1.165) is 11.7 Å². The fourth-order valence-electron chi connectivity index (χ4n) is 1.84. The van der Waals surface area contributed by atoms with Gasteiger partial charge in [-0.15, -0.1) is 11.3 Å². The van der Waals surface area contributed by atoms with Crippen LogP contribution in [-0.2, 0) is 12.8 Å². The van der Waals surface area contributed by atoms with Gasteiger partial charge in [0.05, 0.1) is 5.69 Å². The Morgan fingerprint density at radius 1 is 1.29 bits per heavy atom. The third-order valence-corrected chi connectivity index (χ3v) is 3.74. The Labute approximate surface area is 89.8 Å². The van der Waals surface area contributed by atoms with Gasteiger partial charge in [-0.1, -0.05) is 13.3 Å². The van der Waals surface area contributed by atoms with E-state index in [1.165, 1.54) is 49.1 Å². The summed E-state index contributed by atoms with van der Waals surface area (Å²) in [5.41, 5.74) is 1.37. The number of rotatable bonds is 3. The fourth-order valence-corrected chi connectivity index (χ4v) is 2.91. The van der Waals surface area contributed by atoms with E-state index in [1.54, 1.807) is 0 Å². The Morgan fingerprint density at radius 3 is 3.00 bits per heavy atom. The molecule has 0 unspecified atom stereocenters. The Hall–Kier alpha value is -0.570.